The molecule has 26 heavy (non-hydrogen) atoms. The lowest BCUT2D eigenvalue weighted by atomic mass is 9.85. The smallest absolute Gasteiger partial charge is 0.303 e. The average molecular weight is 370 g/mol. The van der Waals surface area contributed by atoms with Crippen LogP contribution in [0.2, 0.25) is 0 Å². The van der Waals surface area contributed by atoms with Gasteiger partial charge in [-0.15, -0.1) is 4.99 Å². The second-order valence-electron chi connectivity index (χ2n) is 6.58. The fourth-order valence-corrected chi connectivity index (χ4v) is 4.30. The highest BCUT2D eigenvalue weighted by molar-refractivity contribution is 8.14. The molecule has 2 atom stereocenters. The Hall–Kier alpha value is -2.71. The van der Waals surface area contributed by atoms with Crippen LogP contribution < -0.4 is 4.74 Å². The van der Waals surface area contributed by atoms with Gasteiger partial charge < -0.3 is 14.4 Å². The molecule has 1 aromatic carbocycles. The number of rotatable bonds is 2. The molecule has 0 aliphatic carbocycles. The maximum absolute atomic E-state index is 11.8. The Kier molecular flexibility index (Phi) is 4.80. The fraction of sp³-hybridized carbons (Fsp3) is 0.444. The van der Waals surface area contributed by atoms with Gasteiger partial charge in [-0.3, -0.25) is 4.79 Å². The minimum absolute atomic E-state index is 0.395. The number of thioether (sulfide) groups is 1. The third-order valence-electron chi connectivity index (χ3n) is 4.39. The predicted octanol–water partition coefficient (Wildman–Crippen LogP) is 2.59. The third kappa shape index (κ3) is 3.21. The van der Waals surface area contributed by atoms with Crippen molar-refractivity contribution >= 4 is 22.9 Å². The van der Waals surface area contributed by atoms with Crippen molar-refractivity contribution < 1.29 is 14.3 Å². The van der Waals surface area contributed by atoms with Crippen LogP contribution in [-0.2, 0) is 9.53 Å². The number of hydrogen-bond donors (Lipinski definition) is 0. The second kappa shape index (κ2) is 6.89. The van der Waals surface area contributed by atoms with Crippen molar-refractivity contribution in [3.05, 3.63) is 29.3 Å². The molecule has 2 aliphatic rings. The van der Waals surface area contributed by atoms with Gasteiger partial charge in [-0.05, 0) is 32.0 Å². The largest absolute Gasteiger partial charge is 0.484 e. The third-order valence-corrected chi connectivity index (χ3v) is 5.36. The Morgan fingerprint density at radius 3 is 2.88 bits per heavy atom. The van der Waals surface area contributed by atoms with E-state index in [1.54, 1.807) is 18.2 Å². The van der Waals surface area contributed by atoms with Crippen molar-refractivity contribution in [3.8, 4) is 18.0 Å². The van der Waals surface area contributed by atoms with Crippen LogP contribution in [0, 0.1) is 22.8 Å². The molecule has 1 aromatic rings. The van der Waals surface area contributed by atoms with Crippen LogP contribution in [0.4, 0.5) is 0 Å². The molecule has 1 fully saturated rings. The zero-order valence-corrected chi connectivity index (χ0v) is 15.5. The summed E-state index contributed by atoms with van der Waals surface area (Å²) in [5.74, 6) is 0.996. The molecule has 0 saturated carbocycles. The van der Waals surface area contributed by atoms with Gasteiger partial charge in [0, 0.05) is 24.8 Å². The number of esters is 1. The normalized spacial score (nSPS) is 25.0. The summed E-state index contributed by atoms with van der Waals surface area (Å²) in [6.45, 7) is 5.73. The standard InChI is InChI=1S/C18H18N4O3S/c1-11(23)24-16-15(22-6-7-26-17(22)21-10-20)13-8-12(9-19)4-5-14(13)25-18(16,2)3/h4-5,8,15-16H,6-7H2,1-3H3/t15-,16+/m0/s1. The summed E-state index contributed by atoms with van der Waals surface area (Å²) >= 11 is 1.48. The lowest BCUT2D eigenvalue weighted by molar-refractivity contribution is -0.166. The van der Waals surface area contributed by atoms with E-state index in [4.69, 9.17) is 14.7 Å². The van der Waals surface area contributed by atoms with Gasteiger partial charge >= 0.3 is 5.97 Å². The van der Waals surface area contributed by atoms with E-state index >= 15 is 0 Å². The molecule has 7 nitrogen and oxygen atoms in total. The molecule has 8 heteroatoms. The van der Waals surface area contributed by atoms with E-state index < -0.39 is 23.7 Å². The molecule has 0 unspecified atom stereocenters. The van der Waals surface area contributed by atoms with Crippen molar-refractivity contribution in [1.82, 2.24) is 4.90 Å². The van der Waals surface area contributed by atoms with E-state index in [1.807, 2.05) is 24.9 Å². The summed E-state index contributed by atoms with van der Waals surface area (Å²) in [7, 11) is 0. The van der Waals surface area contributed by atoms with E-state index in [2.05, 4.69) is 11.1 Å². The maximum atomic E-state index is 11.8. The van der Waals surface area contributed by atoms with E-state index in [0.29, 0.717) is 23.0 Å². The average Bonchev–Trinajstić information content (AvgIpc) is 3.03. The lowest BCUT2D eigenvalue weighted by Gasteiger charge is -2.47. The summed E-state index contributed by atoms with van der Waals surface area (Å²) in [5.41, 5.74) is 0.453. The first-order chi connectivity index (χ1) is 12.4. The molecular formula is C18H18N4O3S. The fourth-order valence-electron chi connectivity index (χ4n) is 3.35. The number of ether oxygens (including phenoxy) is 2. The van der Waals surface area contributed by atoms with E-state index in [-0.39, 0.29) is 0 Å². The summed E-state index contributed by atoms with van der Waals surface area (Å²) in [6, 6.07) is 6.94. The second-order valence-corrected chi connectivity index (χ2v) is 7.64. The number of benzene rings is 1. The Labute approximate surface area is 156 Å². The quantitative estimate of drug-likeness (QED) is 0.583. The highest BCUT2D eigenvalue weighted by Gasteiger charge is 2.50. The van der Waals surface area contributed by atoms with Crippen molar-refractivity contribution in [2.24, 2.45) is 4.99 Å². The van der Waals surface area contributed by atoms with Gasteiger partial charge in [0.15, 0.2) is 11.3 Å². The van der Waals surface area contributed by atoms with Crippen LogP contribution in [0.15, 0.2) is 23.2 Å². The summed E-state index contributed by atoms with van der Waals surface area (Å²) in [4.78, 5) is 17.7. The highest BCUT2D eigenvalue weighted by Crippen LogP contribution is 2.46. The lowest BCUT2D eigenvalue weighted by Crippen LogP contribution is -2.55. The van der Waals surface area contributed by atoms with Gasteiger partial charge in [0.25, 0.3) is 0 Å². The molecule has 0 aromatic heterocycles. The summed E-state index contributed by atoms with van der Waals surface area (Å²) in [6.07, 6.45) is 1.21. The number of carbonyl (C=O) groups is 1. The molecule has 3 rings (SSSR count). The molecule has 0 bridgehead atoms. The van der Waals surface area contributed by atoms with Crippen molar-refractivity contribution in [3.63, 3.8) is 0 Å². The topological polar surface area (TPSA) is 98.7 Å². The van der Waals surface area contributed by atoms with Gasteiger partial charge in [0.05, 0.1) is 11.6 Å². The van der Waals surface area contributed by atoms with Crippen LogP contribution in [-0.4, -0.2) is 40.0 Å². The van der Waals surface area contributed by atoms with Crippen molar-refractivity contribution in [2.45, 2.75) is 38.5 Å². The van der Waals surface area contributed by atoms with Crippen LogP contribution in [0.25, 0.3) is 0 Å². The maximum Gasteiger partial charge on any atom is 0.303 e. The number of nitriles is 2. The molecule has 2 heterocycles. The van der Waals surface area contributed by atoms with E-state index in [9.17, 15) is 10.1 Å². The first-order valence-corrected chi connectivity index (χ1v) is 9.12. The van der Waals surface area contributed by atoms with Gasteiger partial charge in [-0.2, -0.15) is 10.5 Å². The number of amidine groups is 1. The van der Waals surface area contributed by atoms with Crippen LogP contribution >= 0.6 is 11.8 Å². The molecule has 0 spiro atoms. The molecule has 1 saturated heterocycles. The SMILES string of the molecule is CC(=O)O[C@@H]1[C@@H](N2CCSC2=NC#N)c2cc(C#N)ccc2OC1(C)C. The first-order valence-electron chi connectivity index (χ1n) is 8.14. The van der Waals surface area contributed by atoms with Crippen LogP contribution in [0.1, 0.15) is 37.9 Å². The minimum Gasteiger partial charge on any atom is -0.484 e. The molecule has 134 valence electrons. The van der Waals surface area contributed by atoms with Crippen molar-refractivity contribution in [2.75, 3.05) is 12.3 Å². The summed E-state index contributed by atoms with van der Waals surface area (Å²) in [5, 5.41) is 18.9. The summed E-state index contributed by atoms with van der Waals surface area (Å²) < 4.78 is 11.7. The van der Waals surface area contributed by atoms with E-state index in [1.165, 1.54) is 18.7 Å². The monoisotopic (exact) mass is 370 g/mol. The van der Waals surface area contributed by atoms with E-state index in [0.717, 1.165) is 11.3 Å². The predicted molar refractivity (Wildman–Crippen MR) is 96.4 cm³/mol. The minimum atomic E-state index is -0.789. The first kappa shape index (κ1) is 18.1. The number of aliphatic imine (C=N–C) groups is 1. The highest BCUT2D eigenvalue weighted by atomic mass is 32.2. The van der Waals surface area contributed by atoms with Gasteiger partial charge in [0.1, 0.15) is 17.4 Å². The molecular weight excluding hydrogens is 352 g/mol. The number of fused-ring (bicyclic) bond motifs is 1. The Morgan fingerprint density at radius 1 is 1.46 bits per heavy atom. The van der Waals surface area contributed by atoms with Gasteiger partial charge in [-0.25, -0.2) is 0 Å². The Morgan fingerprint density at radius 2 is 2.23 bits per heavy atom. The number of hydrogen-bond acceptors (Lipinski definition) is 7. The molecule has 0 N–H and O–H groups in total. The molecule has 0 radical (unpaired) electrons. The van der Waals surface area contributed by atoms with Gasteiger partial charge in [-0.1, -0.05) is 11.8 Å². The van der Waals surface area contributed by atoms with Crippen LogP contribution in [0.3, 0.4) is 0 Å². The van der Waals surface area contributed by atoms with Gasteiger partial charge in [0.2, 0.25) is 6.19 Å². The Bertz CT molecular complexity index is 853. The number of nitrogens with zero attached hydrogens (tertiary/aromatic N) is 4. The zero-order valence-electron chi connectivity index (χ0n) is 14.7. The number of carbonyl (C=O) groups excluding carboxylic acids is 1. The molecule has 2 aliphatic heterocycles. The molecule has 0 amide bonds. The van der Waals surface area contributed by atoms with Crippen LogP contribution in [0.5, 0.6) is 5.75 Å². The Balaban J connectivity index is 2.17. The van der Waals surface area contributed by atoms with Crippen molar-refractivity contribution in [1.29, 1.82) is 10.5 Å². The zero-order chi connectivity index (χ0) is 18.9.